The summed E-state index contributed by atoms with van der Waals surface area (Å²) in [6, 6.07) is 0. The molecular weight excluding hydrogens is 592 g/mol. The molecule has 0 saturated heterocycles. The van der Waals surface area contributed by atoms with Gasteiger partial charge in [-0.25, -0.2) is 0 Å². The first-order chi connectivity index (χ1) is 14.5. The number of rotatable bonds is 22. The van der Waals surface area contributed by atoms with E-state index in [0.717, 1.165) is 25.7 Å². The summed E-state index contributed by atoms with van der Waals surface area (Å²) in [5.74, 6) is -1.32. The van der Waals surface area contributed by atoms with Crippen molar-refractivity contribution < 1.29 is 64.6 Å². The molecule has 32 heavy (non-hydrogen) atoms. The molecule has 0 aliphatic carbocycles. The topological polar surface area (TPSA) is 74.6 Å². The molecule has 0 amide bonds. The van der Waals surface area contributed by atoms with Crippen molar-refractivity contribution in [2.45, 2.75) is 155 Å². The molecule has 6 heteroatoms. The fraction of sp³-hybridized carbons (Fsp3) is 0.923. The van der Waals surface area contributed by atoms with E-state index >= 15 is 0 Å². The van der Waals surface area contributed by atoms with Crippen LogP contribution in [-0.2, 0) is 54.3 Å². The summed E-state index contributed by atoms with van der Waals surface area (Å²) in [4.78, 5) is 20.4. The van der Waals surface area contributed by atoms with Crippen LogP contribution in [0.2, 0.25) is 0 Å². The number of aliphatic carboxylic acids is 2. The Kier molecular flexibility index (Phi) is 44.6. The first kappa shape index (κ1) is 39.6. The predicted octanol–water partition coefficient (Wildman–Crippen LogP) is 8.76. The minimum absolute atomic E-state index is 0. The fourth-order valence-corrected chi connectivity index (χ4v) is 3.53. The molecule has 0 heterocycles. The molecule has 0 aromatic rings. The molecule has 0 fully saturated rings. The molecule has 2 radical (unpaired) electrons. The van der Waals surface area contributed by atoms with Crippen molar-refractivity contribution in [2.75, 3.05) is 0 Å². The van der Waals surface area contributed by atoms with E-state index in [9.17, 15) is 9.59 Å². The van der Waals surface area contributed by atoms with Gasteiger partial charge in [0.05, 0.1) is 0 Å². The number of carbonyl (C=O) groups is 2. The van der Waals surface area contributed by atoms with Gasteiger partial charge in [-0.05, 0) is 12.8 Å². The largest absolute Gasteiger partial charge is 0.481 e. The van der Waals surface area contributed by atoms with Crippen LogP contribution >= 0.6 is 0 Å². The third-order valence-corrected chi connectivity index (χ3v) is 5.49. The predicted molar refractivity (Wildman–Crippen MR) is 128 cm³/mol. The Morgan fingerprint density at radius 1 is 0.406 bits per heavy atom. The zero-order valence-electron chi connectivity index (χ0n) is 20.9. The van der Waals surface area contributed by atoms with Crippen molar-refractivity contribution in [1.29, 1.82) is 0 Å². The van der Waals surface area contributed by atoms with Crippen molar-refractivity contribution in [2.24, 2.45) is 0 Å². The molecule has 0 saturated carbocycles. The van der Waals surface area contributed by atoms with Crippen LogP contribution in [0, 0.1) is 0 Å². The number of carboxylic acid groups (broad SMARTS) is 2. The molecule has 0 rings (SSSR count). The molecule has 0 aliphatic heterocycles. The first-order valence-corrected chi connectivity index (χ1v) is 13.0. The van der Waals surface area contributed by atoms with Crippen LogP contribution in [0.4, 0.5) is 0 Å². The van der Waals surface area contributed by atoms with Gasteiger partial charge in [-0.1, -0.05) is 129 Å². The molecule has 0 aliphatic rings. The van der Waals surface area contributed by atoms with E-state index in [2.05, 4.69) is 13.8 Å². The van der Waals surface area contributed by atoms with Crippen LogP contribution < -0.4 is 0 Å². The normalized spacial score (nSPS) is 9.81. The number of hydrogen-bond acceptors (Lipinski definition) is 2. The van der Waals surface area contributed by atoms with Crippen LogP contribution in [0.15, 0.2) is 0 Å². The summed E-state index contributed by atoms with van der Waals surface area (Å²) in [7, 11) is 0. The molecule has 0 aromatic carbocycles. The smallest absolute Gasteiger partial charge is 0.303 e. The van der Waals surface area contributed by atoms with Gasteiger partial charge >= 0.3 is 11.9 Å². The molecule has 0 atom stereocenters. The maximum absolute atomic E-state index is 10.3. The van der Waals surface area contributed by atoms with Crippen LogP contribution in [0.5, 0.6) is 0 Å². The Balaban J connectivity index is -0.000000279. The summed E-state index contributed by atoms with van der Waals surface area (Å²) >= 11 is 0. The van der Waals surface area contributed by atoms with Crippen molar-refractivity contribution >= 4 is 11.9 Å². The van der Waals surface area contributed by atoms with E-state index in [1.807, 2.05) is 0 Å². The third-order valence-electron chi connectivity index (χ3n) is 5.49. The Hall–Kier alpha value is 0.421. The Morgan fingerprint density at radius 3 is 0.781 bits per heavy atom. The summed E-state index contributed by atoms with van der Waals surface area (Å²) in [6.07, 6.45) is 26.1. The maximum atomic E-state index is 10.3. The fourth-order valence-electron chi connectivity index (χ4n) is 3.53. The second-order valence-electron chi connectivity index (χ2n) is 8.65. The van der Waals surface area contributed by atoms with Crippen molar-refractivity contribution in [3.05, 3.63) is 0 Å². The average Bonchev–Trinajstić information content (AvgIpc) is 2.71. The van der Waals surface area contributed by atoms with Crippen LogP contribution in [0.3, 0.4) is 0 Å². The van der Waals surface area contributed by atoms with E-state index in [0.29, 0.717) is 12.8 Å². The molecule has 0 unspecified atom stereocenters. The van der Waals surface area contributed by atoms with Crippen molar-refractivity contribution in [1.82, 2.24) is 0 Å². The van der Waals surface area contributed by atoms with Crippen molar-refractivity contribution in [3.8, 4) is 0 Å². The summed E-state index contributed by atoms with van der Waals surface area (Å²) < 4.78 is 0. The standard InChI is InChI=1S/C18H36O2.C8H16O2.2Ag/c1-2-3-4-5-6-7-8-9-10-11-12-13-14-15-16-17-18(19)20;1-2-3-4-5-6-7-8(9)10;;/h2-17H2,1H3,(H,19,20);2-7H2,1H3,(H,9,10);;. The van der Waals surface area contributed by atoms with Crippen LogP contribution in [0.25, 0.3) is 0 Å². The monoisotopic (exact) mass is 642 g/mol. The van der Waals surface area contributed by atoms with E-state index < -0.39 is 11.9 Å². The second kappa shape index (κ2) is 36.0. The van der Waals surface area contributed by atoms with Crippen LogP contribution in [-0.4, -0.2) is 22.2 Å². The Bertz CT molecular complexity index is 366. The number of carboxylic acids is 2. The molecule has 4 nitrogen and oxygen atoms in total. The van der Waals surface area contributed by atoms with E-state index in [1.165, 1.54) is 103 Å². The van der Waals surface area contributed by atoms with Gasteiger partial charge in [0.2, 0.25) is 0 Å². The third kappa shape index (κ3) is 44.2. The molecule has 0 spiro atoms. The first-order valence-electron chi connectivity index (χ1n) is 13.0. The van der Waals surface area contributed by atoms with Gasteiger partial charge in [0, 0.05) is 57.6 Å². The summed E-state index contributed by atoms with van der Waals surface area (Å²) in [5.41, 5.74) is 0. The Morgan fingerprint density at radius 2 is 0.594 bits per heavy atom. The van der Waals surface area contributed by atoms with Crippen LogP contribution in [0.1, 0.15) is 155 Å². The van der Waals surface area contributed by atoms with E-state index in [4.69, 9.17) is 10.2 Å². The van der Waals surface area contributed by atoms with Gasteiger partial charge in [-0.2, -0.15) is 0 Å². The summed E-state index contributed by atoms with van der Waals surface area (Å²) in [6.45, 7) is 4.42. The van der Waals surface area contributed by atoms with Crippen molar-refractivity contribution in [3.63, 3.8) is 0 Å². The Labute approximate surface area is 230 Å². The summed E-state index contributed by atoms with van der Waals surface area (Å²) in [5, 5.41) is 16.8. The van der Waals surface area contributed by atoms with E-state index in [-0.39, 0.29) is 44.8 Å². The second-order valence-corrected chi connectivity index (χ2v) is 8.65. The zero-order chi connectivity index (χ0) is 22.7. The van der Waals surface area contributed by atoms with Gasteiger partial charge in [0.1, 0.15) is 0 Å². The quantitative estimate of drug-likeness (QED) is 0.0913. The average molecular weight is 644 g/mol. The molecule has 202 valence electrons. The van der Waals surface area contributed by atoms with Gasteiger partial charge in [-0.3, -0.25) is 9.59 Å². The van der Waals surface area contributed by atoms with E-state index in [1.54, 1.807) is 0 Å². The van der Waals surface area contributed by atoms with Gasteiger partial charge in [0.15, 0.2) is 0 Å². The van der Waals surface area contributed by atoms with Gasteiger partial charge in [-0.15, -0.1) is 0 Å². The molecule has 2 N–H and O–H groups in total. The zero-order valence-corrected chi connectivity index (χ0v) is 23.8. The maximum Gasteiger partial charge on any atom is 0.303 e. The SMILES string of the molecule is CCCCCCCC(=O)O.CCCCCCCCCCCCCCCCCC(=O)O.[Ag].[Ag]. The minimum atomic E-state index is -0.670. The molecule has 0 bridgehead atoms. The number of unbranched alkanes of at least 4 members (excludes halogenated alkanes) is 18. The molecular formula is C26H52Ag2O4. The number of hydrogen-bond donors (Lipinski definition) is 2. The minimum Gasteiger partial charge on any atom is -0.481 e. The van der Waals surface area contributed by atoms with Gasteiger partial charge in [0.25, 0.3) is 0 Å². The molecule has 0 aromatic heterocycles. The van der Waals surface area contributed by atoms with Gasteiger partial charge < -0.3 is 10.2 Å².